The summed E-state index contributed by atoms with van der Waals surface area (Å²) in [6.07, 6.45) is 2.23. The zero-order valence-corrected chi connectivity index (χ0v) is 13.5. The molecule has 0 unspecified atom stereocenters. The average molecular weight is 308 g/mol. The maximum absolute atomic E-state index is 12.0. The van der Waals surface area contributed by atoms with Crippen LogP contribution in [-0.4, -0.2) is 40.3 Å². The number of hydrogen-bond acceptors (Lipinski definition) is 5. The molecule has 0 saturated carbocycles. The van der Waals surface area contributed by atoms with Crippen LogP contribution < -0.4 is 10.9 Å². The van der Waals surface area contributed by atoms with Gasteiger partial charge in [0.15, 0.2) is 4.96 Å². The third kappa shape index (κ3) is 3.68. The van der Waals surface area contributed by atoms with Crippen LogP contribution in [0.1, 0.15) is 23.9 Å². The Bertz CT molecular complexity index is 707. The molecule has 0 saturated heterocycles. The van der Waals surface area contributed by atoms with Gasteiger partial charge in [-0.05, 0) is 20.9 Å². The smallest absolute Gasteiger partial charge is 0.258 e. The summed E-state index contributed by atoms with van der Waals surface area (Å²) in [5.74, 6) is 0.00622. The topological polar surface area (TPSA) is 66.7 Å². The van der Waals surface area contributed by atoms with E-state index in [1.165, 1.54) is 11.3 Å². The molecule has 1 atom stereocenters. The van der Waals surface area contributed by atoms with Crippen LogP contribution in [0.3, 0.4) is 0 Å². The van der Waals surface area contributed by atoms with Crippen LogP contribution in [0.25, 0.3) is 4.96 Å². The zero-order chi connectivity index (χ0) is 15.6. The second kappa shape index (κ2) is 6.36. The molecular formula is C14H20N4O2S. The molecule has 0 aliphatic heterocycles. The highest BCUT2D eigenvalue weighted by Crippen LogP contribution is 2.14. The van der Waals surface area contributed by atoms with Crippen LogP contribution in [-0.2, 0) is 11.3 Å². The Morgan fingerprint density at radius 1 is 1.57 bits per heavy atom. The minimum atomic E-state index is -0.0632. The lowest BCUT2D eigenvalue weighted by atomic mass is 10.2. The molecule has 114 valence electrons. The summed E-state index contributed by atoms with van der Waals surface area (Å²) in [6.45, 7) is 4.48. The van der Waals surface area contributed by atoms with Crippen molar-refractivity contribution in [3.05, 3.63) is 33.2 Å². The summed E-state index contributed by atoms with van der Waals surface area (Å²) in [5.41, 5.74) is 0.666. The van der Waals surface area contributed by atoms with Gasteiger partial charge in [-0.2, -0.15) is 0 Å². The van der Waals surface area contributed by atoms with E-state index in [1.54, 1.807) is 23.7 Å². The summed E-state index contributed by atoms with van der Waals surface area (Å²) < 4.78 is 1.57. The molecule has 21 heavy (non-hydrogen) atoms. The standard InChI is InChI=1S/C14H20N4O2S/c1-9(5-12(19)15-3)17(4)8-11-6-13(20)18-7-10(2)21-14(18)16-11/h6-7,9H,5,8H2,1-4H3,(H,15,19)/t9-/m0/s1. The molecule has 0 aliphatic carbocycles. The van der Waals surface area contributed by atoms with Gasteiger partial charge in [0.1, 0.15) is 0 Å². The number of carbonyl (C=O) groups is 1. The lowest BCUT2D eigenvalue weighted by Crippen LogP contribution is -2.34. The minimum Gasteiger partial charge on any atom is -0.359 e. The number of fused-ring (bicyclic) bond motifs is 1. The lowest BCUT2D eigenvalue weighted by Gasteiger charge is -2.23. The fourth-order valence-electron chi connectivity index (χ4n) is 2.08. The van der Waals surface area contributed by atoms with E-state index in [0.717, 1.165) is 10.6 Å². The highest BCUT2D eigenvalue weighted by molar-refractivity contribution is 7.16. The van der Waals surface area contributed by atoms with Crippen molar-refractivity contribution in [3.8, 4) is 0 Å². The highest BCUT2D eigenvalue weighted by atomic mass is 32.1. The molecule has 0 aromatic carbocycles. The monoisotopic (exact) mass is 308 g/mol. The van der Waals surface area contributed by atoms with Crippen molar-refractivity contribution in [2.45, 2.75) is 32.9 Å². The Balaban J connectivity index is 2.15. The summed E-state index contributed by atoms with van der Waals surface area (Å²) >= 11 is 1.50. The van der Waals surface area contributed by atoms with E-state index in [0.29, 0.717) is 17.9 Å². The molecule has 1 amide bonds. The van der Waals surface area contributed by atoms with Gasteiger partial charge >= 0.3 is 0 Å². The third-order valence-electron chi connectivity index (χ3n) is 3.46. The number of rotatable bonds is 5. The zero-order valence-electron chi connectivity index (χ0n) is 12.7. The van der Waals surface area contributed by atoms with Gasteiger partial charge < -0.3 is 5.32 Å². The van der Waals surface area contributed by atoms with E-state index >= 15 is 0 Å². The van der Waals surface area contributed by atoms with Gasteiger partial charge in [-0.25, -0.2) is 4.98 Å². The Hall–Kier alpha value is -1.73. The molecule has 2 heterocycles. The van der Waals surface area contributed by atoms with Crippen molar-refractivity contribution in [2.75, 3.05) is 14.1 Å². The van der Waals surface area contributed by atoms with Crippen LogP contribution in [0, 0.1) is 6.92 Å². The van der Waals surface area contributed by atoms with Crippen LogP contribution >= 0.6 is 11.3 Å². The van der Waals surface area contributed by atoms with Gasteiger partial charge in [-0.15, -0.1) is 11.3 Å². The maximum atomic E-state index is 12.0. The predicted molar refractivity (Wildman–Crippen MR) is 83.7 cm³/mol. The molecule has 7 heteroatoms. The number of thiazole rings is 1. The van der Waals surface area contributed by atoms with Crippen molar-refractivity contribution in [2.24, 2.45) is 0 Å². The maximum Gasteiger partial charge on any atom is 0.258 e. The summed E-state index contributed by atoms with van der Waals surface area (Å²) in [5, 5.41) is 2.62. The first kappa shape index (κ1) is 15.7. The van der Waals surface area contributed by atoms with Gasteiger partial charge in [0.05, 0.1) is 5.69 Å². The average Bonchev–Trinajstić information content (AvgIpc) is 2.79. The third-order valence-corrected chi connectivity index (χ3v) is 4.36. The van der Waals surface area contributed by atoms with E-state index in [1.807, 2.05) is 25.8 Å². The number of carbonyl (C=O) groups excluding carboxylic acids is 1. The summed E-state index contributed by atoms with van der Waals surface area (Å²) in [6, 6.07) is 1.64. The van der Waals surface area contributed by atoms with Gasteiger partial charge in [-0.3, -0.25) is 18.9 Å². The van der Waals surface area contributed by atoms with Crippen molar-refractivity contribution in [3.63, 3.8) is 0 Å². The SMILES string of the molecule is CNC(=O)C[C@H](C)N(C)Cc1cc(=O)n2cc(C)sc2n1. The number of hydrogen-bond donors (Lipinski definition) is 1. The van der Waals surface area contributed by atoms with Crippen molar-refractivity contribution in [1.82, 2.24) is 19.6 Å². The van der Waals surface area contributed by atoms with Crippen molar-refractivity contribution in [1.29, 1.82) is 0 Å². The number of aryl methyl sites for hydroxylation is 1. The van der Waals surface area contributed by atoms with Crippen LogP contribution in [0.4, 0.5) is 0 Å². The van der Waals surface area contributed by atoms with Gasteiger partial charge in [-0.1, -0.05) is 0 Å². The quantitative estimate of drug-likeness (QED) is 0.895. The summed E-state index contributed by atoms with van der Waals surface area (Å²) in [7, 11) is 3.56. The number of amides is 1. The van der Waals surface area contributed by atoms with Crippen molar-refractivity contribution >= 4 is 22.2 Å². The van der Waals surface area contributed by atoms with Crippen molar-refractivity contribution < 1.29 is 4.79 Å². The minimum absolute atomic E-state index is 0.00622. The molecule has 0 spiro atoms. The van der Waals surface area contributed by atoms with E-state index in [-0.39, 0.29) is 17.5 Å². The Kier molecular flexibility index (Phi) is 4.74. The molecule has 0 bridgehead atoms. The first-order chi connectivity index (χ1) is 9.90. The number of nitrogens with zero attached hydrogens (tertiary/aromatic N) is 3. The van der Waals surface area contributed by atoms with Gasteiger partial charge in [0.25, 0.3) is 5.56 Å². The van der Waals surface area contributed by atoms with E-state index in [4.69, 9.17) is 0 Å². The molecule has 2 aromatic heterocycles. The molecule has 1 N–H and O–H groups in total. The molecule has 0 aliphatic rings. The Morgan fingerprint density at radius 2 is 2.29 bits per heavy atom. The second-order valence-electron chi connectivity index (χ2n) is 5.22. The first-order valence-corrected chi connectivity index (χ1v) is 7.62. The fourth-order valence-corrected chi connectivity index (χ4v) is 2.93. The van der Waals surface area contributed by atoms with E-state index in [9.17, 15) is 9.59 Å². The molecular weight excluding hydrogens is 288 g/mol. The normalized spacial score (nSPS) is 12.8. The molecule has 0 radical (unpaired) electrons. The Morgan fingerprint density at radius 3 is 2.95 bits per heavy atom. The van der Waals surface area contributed by atoms with E-state index in [2.05, 4.69) is 10.3 Å². The second-order valence-corrected chi connectivity index (χ2v) is 6.43. The van der Waals surface area contributed by atoms with Gasteiger partial charge in [0, 0.05) is 43.2 Å². The van der Waals surface area contributed by atoms with E-state index < -0.39 is 0 Å². The molecule has 2 rings (SSSR count). The van der Waals surface area contributed by atoms with Crippen LogP contribution in [0.5, 0.6) is 0 Å². The van der Waals surface area contributed by atoms with Gasteiger partial charge in [0.2, 0.25) is 5.91 Å². The lowest BCUT2D eigenvalue weighted by molar-refractivity contribution is -0.121. The Labute approximate surface area is 127 Å². The number of nitrogens with one attached hydrogen (secondary N) is 1. The first-order valence-electron chi connectivity index (χ1n) is 6.80. The largest absolute Gasteiger partial charge is 0.359 e. The van der Waals surface area contributed by atoms with Crippen LogP contribution in [0.2, 0.25) is 0 Å². The predicted octanol–water partition coefficient (Wildman–Crippen LogP) is 1.02. The molecule has 2 aromatic rings. The fraction of sp³-hybridized carbons (Fsp3) is 0.500. The number of aromatic nitrogens is 2. The molecule has 0 fully saturated rings. The molecule has 6 nitrogen and oxygen atoms in total. The van der Waals surface area contributed by atoms with Crippen LogP contribution in [0.15, 0.2) is 17.1 Å². The summed E-state index contributed by atoms with van der Waals surface area (Å²) in [4.78, 5) is 31.7. The highest BCUT2D eigenvalue weighted by Gasteiger charge is 2.15.